The van der Waals surface area contributed by atoms with Gasteiger partial charge < -0.3 is 20.9 Å². The summed E-state index contributed by atoms with van der Waals surface area (Å²) < 4.78 is 5.18. The number of amides is 1. The van der Waals surface area contributed by atoms with Crippen LogP contribution in [0.5, 0.6) is 5.75 Å². The fourth-order valence-corrected chi connectivity index (χ4v) is 5.06. The molecule has 170 valence electrons. The van der Waals surface area contributed by atoms with E-state index in [1.54, 1.807) is 43.5 Å². The summed E-state index contributed by atoms with van der Waals surface area (Å²) in [5.74, 6) is -0.803. The summed E-state index contributed by atoms with van der Waals surface area (Å²) in [6.07, 6.45) is 0. The van der Waals surface area contributed by atoms with Gasteiger partial charge >= 0.3 is 5.97 Å². The zero-order valence-corrected chi connectivity index (χ0v) is 18.8. The molecule has 0 atom stereocenters. The van der Waals surface area contributed by atoms with Crippen LogP contribution >= 0.6 is 0 Å². The van der Waals surface area contributed by atoms with Crippen LogP contribution in [0, 0.1) is 0 Å². The number of nitrogen functional groups attached to an aromatic ring is 1. The molecule has 4 N–H and O–H groups in total. The van der Waals surface area contributed by atoms with Gasteiger partial charge in [0, 0.05) is 27.7 Å². The van der Waals surface area contributed by atoms with E-state index in [0.29, 0.717) is 28.1 Å². The van der Waals surface area contributed by atoms with Crippen molar-refractivity contribution in [2.75, 3.05) is 18.2 Å². The number of rotatable bonds is 4. The number of nitrogens with one attached hydrogen (secondary N) is 1. The van der Waals surface area contributed by atoms with Crippen molar-refractivity contribution < 1.29 is 19.4 Å². The van der Waals surface area contributed by atoms with E-state index in [4.69, 9.17) is 10.5 Å². The van der Waals surface area contributed by atoms with Gasteiger partial charge in [-0.05, 0) is 74.8 Å². The number of carboxylic acid groups (broad SMARTS) is 1. The van der Waals surface area contributed by atoms with Gasteiger partial charge in [-0.15, -0.1) is 0 Å². The van der Waals surface area contributed by atoms with Gasteiger partial charge in [-0.1, -0.05) is 36.4 Å². The molecule has 0 saturated heterocycles. The number of anilines is 2. The Morgan fingerprint density at radius 2 is 1.31 bits per heavy atom. The van der Waals surface area contributed by atoms with E-state index in [1.165, 1.54) is 0 Å². The Kier molecular flexibility index (Phi) is 4.50. The summed E-state index contributed by atoms with van der Waals surface area (Å²) in [6, 6.07) is 23.7. The third-order valence-corrected chi connectivity index (χ3v) is 6.64. The van der Waals surface area contributed by atoms with Crippen LogP contribution in [0.4, 0.5) is 11.4 Å². The molecule has 35 heavy (non-hydrogen) atoms. The fourth-order valence-electron chi connectivity index (χ4n) is 5.06. The van der Waals surface area contributed by atoms with Crippen molar-refractivity contribution in [1.29, 1.82) is 0 Å². The summed E-state index contributed by atoms with van der Waals surface area (Å²) in [6.45, 7) is 0. The van der Waals surface area contributed by atoms with Gasteiger partial charge in [0.2, 0.25) is 0 Å². The molecule has 0 heterocycles. The van der Waals surface area contributed by atoms with Crippen LogP contribution in [-0.4, -0.2) is 24.1 Å². The van der Waals surface area contributed by atoms with Gasteiger partial charge in [-0.2, -0.15) is 0 Å². The lowest BCUT2D eigenvalue weighted by Gasteiger charge is -2.18. The number of methoxy groups -OCH3 is 1. The molecule has 0 aromatic heterocycles. The third kappa shape index (κ3) is 3.04. The summed E-state index contributed by atoms with van der Waals surface area (Å²) in [5, 5.41) is 19.7. The monoisotopic (exact) mass is 460 g/mol. The van der Waals surface area contributed by atoms with Gasteiger partial charge in [-0.25, -0.2) is 4.79 Å². The predicted octanol–water partition coefficient (Wildman–Crippen LogP) is 6.28. The molecule has 6 heteroatoms. The number of benzene rings is 6. The fraction of sp³-hybridized carbons (Fsp3) is 0.0345. The smallest absolute Gasteiger partial charge is 0.336 e. The predicted molar refractivity (Wildman–Crippen MR) is 140 cm³/mol. The molecule has 6 aromatic rings. The van der Waals surface area contributed by atoms with Crippen LogP contribution in [0.25, 0.3) is 43.1 Å². The van der Waals surface area contributed by atoms with E-state index < -0.39 is 5.97 Å². The first-order valence-corrected chi connectivity index (χ1v) is 11.1. The van der Waals surface area contributed by atoms with Crippen LogP contribution in [0.3, 0.4) is 0 Å². The third-order valence-electron chi connectivity index (χ3n) is 6.64. The lowest BCUT2D eigenvalue weighted by atomic mass is 9.86. The zero-order valence-electron chi connectivity index (χ0n) is 18.8. The van der Waals surface area contributed by atoms with Crippen LogP contribution in [0.2, 0.25) is 0 Å². The quantitative estimate of drug-likeness (QED) is 0.163. The molecule has 1 amide bonds. The highest BCUT2D eigenvalue weighted by atomic mass is 16.5. The van der Waals surface area contributed by atoms with Gasteiger partial charge in [0.05, 0.1) is 12.7 Å². The number of hydrogen-bond donors (Lipinski definition) is 3. The first-order chi connectivity index (χ1) is 17.0. The number of aromatic carboxylic acids is 1. The molecule has 0 fully saturated rings. The Hall–Kier alpha value is -4.84. The molecular weight excluding hydrogens is 440 g/mol. The number of carboxylic acids is 1. The Morgan fingerprint density at radius 3 is 2.00 bits per heavy atom. The topological polar surface area (TPSA) is 102 Å². The first-order valence-electron chi connectivity index (χ1n) is 11.1. The zero-order chi connectivity index (χ0) is 24.3. The van der Waals surface area contributed by atoms with Crippen molar-refractivity contribution in [3.63, 3.8) is 0 Å². The molecule has 0 unspecified atom stereocenters. The summed E-state index contributed by atoms with van der Waals surface area (Å²) >= 11 is 0. The van der Waals surface area contributed by atoms with Gasteiger partial charge in [0.25, 0.3) is 5.91 Å². The lowest BCUT2D eigenvalue weighted by molar-refractivity contribution is 0.0699. The highest BCUT2D eigenvalue weighted by Crippen LogP contribution is 2.43. The number of carbonyl (C=O) groups is 2. The molecule has 0 aliphatic carbocycles. The summed E-state index contributed by atoms with van der Waals surface area (Å²) in [4.78, 5) is 25.7. The average molecular weight is 460 g/mol. The van der Waals surface area contributed by atoms with Crippen molar-refractivity contribution in [2.24, 2.45) is 0 Å². The van der Waals surface area contributed by atoms with E-state index in [9.17, 15) is 14.7 Å². The van der Waals surface area contributed by atoms with Crippen molar-refractivity contribution in [1.82, 2.24) is 0 Å². The second-order valence-electron chi connectivity index (χ2n) is 8.49. The molecule has 0 spiro atoms. The van der Waals surface area contributed by atoms with E-state index in [0.717, 1.165) is 37.7 Å². The molecule has 0 saturated carbocycles. The van der Waals surface area contributed by atoms with Crippen LogP contribution in [0.15, 0.2) is 78.9 Å². The normalized spacial score (nSPS) is 11.5. The lowest BCUT2D eigenvalue weighted by Crippen LogP contribution is -2.14. The van der Waals surface area contributed by atoms with Crippen molar-refractivity contribution in [3.8, 4) is 5.75 Å². The second-order valence-corrected chi connectivity index (χ2v) is 8.49. The van der Waals surface area contributed by atoms with E-state index in [-0.39, 0.29) is 11.5 Å². The summed E-state index contributed by atoms with van der Waals surface area (Å²) in [7, 11) is 1.57. The molecule has 0 aliphatic heterocycles. The Morgan fingerprint density at radius 1 is 0.714 bits per heavy atom. The van der Waals surface area contributed by atoms with Crippen molar-refractivity contribution in [2.45, 2.75) is 0 Å². The van der Waals surface area contributed by atoms with Gasteiger partial charge in [0.1, 0.15) is 5.75 Å². The van der Waals surface area contributed by atoms with Gasteiger partial charge in [-0.3, -0.25) is 4.79 Å². The number of nitrogens with two attached hydrogens (primary N) is 1. The van der Waals surface area contributed by atoms with Crippen LogP contribution in [-0.2, 0) is 0 Å². The van der Waals surface area contributed by atoms with Crippen molar-refractivity contribution >= 4 is 66.3 Å². The first kappa shape index (κ1) is 20.7. The Bertz CT molecular complexity index is 1790. The standard InChI is InChI=1S/C29H20N2O4/c1-35-16-7-5-15(6-8-16)31-28(32)22-11-9-19-17-3-2-4-21-24(30)14-13-18(25(17)21)20-10-12-23(29(33)34)27(22)26(19)20/h2-14H,30H2,1H3,(H,31,32)(H,33,34). The van der Waals surface area contributed by atoms with E-state index >= 15 is 0 Å². The largest absolute Gasteiger partial charge is 0.497 e. The molecule has 6 nitrogen and oxygen atoms in total. The SMILES string of the molecule is COc1ccc(NC(=O)c2ccc3c4cccc5c(N)ccc(c6ccc(C(=O)O)c2c63)c54)cc1. The van der Waals surface area contributed by atoms with Crippen molar-refractivity contribution in [3.05, 3.63) is 90.0 Å². The maximum atomic E-state index is 13.4. The van der Waals surface area contributed by atoms with Crippen LogP contribution < -0.4 is 15.8 Å². The molecule has 6 rings (SSSR count). The molecular formula is C29H20N2O4. The maximum Gasteiger partial charge on any atom is 0.336 e. The Labute approximate surface area is 199 Å². The number of fused-ring (bicyclic) bond motifs is 2. The molecule has 0 radical (unpaired) electrons. The van der Waals surface area contributed by atoms with Crippen LogP contribution in [0.1, 0.15) is 20.7 Å². The molecule has 6 aromatic carbocycles. The maximum absolute atomic E-state index is 13.4. The number of ether oxygens (including phenoxy) is 1. The minimum Gasteiger partial charge on any atom is -0.497 e. The van der Waals surface area contributed by atoms with Gasteiger partial charge in [0.15, 0.2) is 0 Å². The minimum absolute atomic E-state index is 0.0801. The number of carbonyl (C=O) groups excluding carboxylic acids is 1. The minimum atomic E-state index is -1.09. The highest BCUT2D eigenvalue weighted by Gasteiger charge is 2.22. The number of hydrogen-bond acceptors (Lipinski definition) is 4. The molecule has 0 aliphatic rings. The Balaban J connectivity index is 1.67. The second kappa shape index (κ2) is 7.60. The van der Waals surface area contributed by atoms with E-state index in [2.05, 4.69) is 5.32 Å². The van der Waals surface area contributed by atoms with E-state index in [1.807, 2.05) is 42.5 Å². The highest BCUT2D eigenvalue weighted by molar-refractivity contribution is 6.37. The average Bonchev–Trinajstić information content (AvgIpc) is 2.88. The molecule has 0 bridgehead atoms. The summed E-state index contributed by atoms with van der Waals surface area (Å²) in [5.41, 5.74) is 7.91.